The summed E-state index contributed by atoms with van der Waals surface area (Å²) in [6, 6.07) is 11.1. The fraction of sp³-hybridized carbons (Fsp3) is 0.238. The molecular formula is C21H20ClN5O4. The Hall–Kier alpha value is -3.59. The molecule has 1 aromatic heterocycles. The van der Waals surface area contributed by atoms with Gasteiger partial charge in [-0.3, -0.25) is 14.9 Å². The smallest absolute Gasteiger partial charge is 0.321 e. The first kappa shape index (κ1) is 20.7. The van der Waals surface area contributed by atoms with E-state index in [2.05, 4.69) is 10.3 Å². The highest BCUT2D eigenvalue weighted by Crippen LogP contribution is 2.25. The Labute approximate surface area is 182 Å². The molecule has 2 N–H and O–H groups in total. The van der Waals surface area contributed by atoms with Gasteiger partial charge >= 0.3 is 6.03 Å². The first-order valence-electron chi connectivity index (χ1n) is 9.78. The Morgan fingerprint density at radius 1 is 1.06 bits per heavy atom. The molecular weight excluding hydrogens is 422 g/mol. The molecule has 10 heteroatoms. The highest BCUT2D eigenvalue weighted by atomic mass is 35.5. The summed E-state index contributed by atoms with van der Waals surface area (Å²) in [6.07, 6.45) is 2.20. The van der Waals surface area contributed by atoms with E-state index in [1.165, 1.54) is 12.1 Å². The second-order valence-corrected chi connectivity index (χ2v) is 7.70. The number of nitrogens with one attached hydrogen (secondary N) is 2. The zero-order chi connectivity index (χ0) is 22.0. The highest BCUT2D eigenvalue weighted by molar-refractivity contribution is 6.30. The summed E-state index contributed by atoms with van der Waals surface area (Å²) in [5.74, 6) is -0.219. The molecule has 0 bridgehead atoms. The molecule has 4 rings (SSSR count). The van der Waals surface area contributed by atoms with Crippen LogP contribution in [0.1, 0.15) is 16.8 Å². The van der Waals surface area contributed by atoms with Gasteiger partial charge in [-0.05, 0) is 30.7 Å². The quantitative estimate of drug-likeness (QED) is 0.470. The Morgan fingerprint density at radius 2 is 1.84 bits per heavy atom. The van der Waals surface area contributed by atoms with Gasteiger partial charge in [-0.2, -0.15) is 0 Å². The molecule has 31 heavy (non-hydrogen) atoms. The number of anilines is 1. The molecule has 1 fully saturated rings. The molecule has 160 valence electrons. The van der Waals surface area contributed by atoms with Crippen LogP contribution in [0, 0.1) is 10.1 Å². The monoisotopic (exact) mass is 441 g/mol. The van der Waals surface area contributed by atoms with E-state index < -0.39 is 4.92 Å². The first-order valence-corrected chi connectivity index (χ1v) is 10.2. The zero-order valence-electron chi connectivity index (χ0n) is 16.5. The molecule has 0 saturated carbocycles. The maximum absolute atomic E-state index is 13.1. The van der Waals surface area contributed by atoms with Crippen molar-refractivity contribution in [3.63, 3.8) is 0 Å². The SMILES string of the molecule is O=C(Nc1cccc(Cl)c1)N1CCCN(C(=O)c2c[nH]c3ccc([N+](=O)[O-])cc23)CC1. The average Bonchev–Trinajstić information content (AvgIpc) is 3.00. The number of nitrogens with zero attached hydrogens (tertiary/aromatic N) is 3. The minimum absolute atomic E-state index is 0.0686. The van der Waals surface area contributed by atoms with Gasteiger partial charge in [-0.1, -0.05) is 17.7 Å². The van der Waals surface area contributed by atoms with Crippen LogP contribution >= 0.6 is 11.6 Å². The minimum atomic E-state index is -0.483. The number of hydrogen-bond donors (Lipinski definition) is 2. The van der Waals surface area contributed by atoms with Gasteiger partial charge in [0.2, 0.25) is 0 Å². The number of aromatic nitrogens is 1. The minimum Gasteiger partial charge on any atom is -0.360 e. The topological polar surface area (TPSA) is 112 Å². The fourth-order valence-electron chi connectivity index (χ4n) is 3.66. The van der Waals surface area contributed by atoms with E-state index in [9.17, 15) is 19.7 Å². The number of benzene rings is 2. The summed E-state index contributed by atoms with van der Waals surface area (Å²) < 4.78 is 0. The summed E-state index contributed by atoms with van der Waals surface area (Å²) in [4.78, 5) is 42.7. The maximum Gasteiger partial charge on any atom is 0.321 e. The Morgan fingerprint density at radius 3 is 2.61 bits per heavy atom. The lowest BCUT2D eigenvalue weighted by Gasteiger charge is -2.22. The standard InChI is InChI=1S/C21H20ClN5O4/c22-14-3-1-4-15(11-14)24-21(29)26-8-2-7-25(9-10-26)20(28)18-13-23-19-6-5-16(27(30)31)12-17(18)19/h1,3-6,11-13,23H,2,7-10H2,(H,24,29). The molecule has 0 spiro atoms. The number of hydrogen-bond acceptors (Lipinski definition) is 4. The predicted octanol–water partition coefficient (Wildman–Crippen LogP) is 4.11. The van der Waals surface area contributed by atoms with Gasteiger partial charge in [0.05, 0.1) is 10.5 Å². The number of carbonyl (C=O) groups excluding carboxylic acids is 2. The van der Waals surface area contributed by atoms with Gasteiger partial charge in [-0.25, -0.2) is 4.79 Å². The van der Waals surface area contributed by atoms with E-state index >= 15 is 0 Å². The molecule has 1 saturated heterocycles. The number of nitro benzene ring substituents is 1. The van der Waals surface area contributed by atoms with Crippen LogP contribution in [0.5, 0.6) is 0 Å². The van der Waals surface area contributed by atoms with E-state index in [0.29, 0.717) is 59.8 Å². The zero-order valence-corrected chi connectivity index (χ0v) is 17.3. The van der Waals surface area contributed by atoms with Crippen molar-refractivity contribution in [2.75, 3.05) is 31.5 Å². The van der Waals surface area contributed by atoms with E-state index in [4.69, 9.17) is 11.6 Å². The van der Waals surface area contributed by atoms with Crippen molar-refractivity contribution in [2.24, 2.45) is 0 Å². The van der Waals surface area contributed by atoms with Crippen molar-refractivity contribution < 1.29 is 14.5 Å². The summed E-state index contributed by atoms with van der Waals surface area (Å²) in [5, 5.41) is 15.0. The molecule has 2 aromatic carbocycles. The summed E-state index contributed by atoms with van der Waals surface area (Å²) in [5.41, 5.74) is 1.58. The average molecular weight is 442 g/mol. The fourth-order valence-corrected chi connectivity index (χ4v) is 3.85. The second kappa shape index (κ2) is 8.65. The number of nitro groups is 1. The lowest BCUT2D eigenvalue weighted by Crippen LogP contribution is -2.39. The molecule has 1 aliphatic rings. The van der Waals surface area contributed by atoms with Crippen LogP contribution < -0.4 is 5.32 Å². The van der Waals surface area contributed by atoms with Gasteiger partial charge < -0.3 is 20.1 Å². The molecule has 3 amide bonds. The summed E-state index contributed by atoms with van der Waals surface area (Å²) in [7, 11) is 0. The lowest BCUT2D eigenvalue weighted by molar-refractivity contribution is -0.384. The van der Waals surface area contributed by atoms with Crippen molar-refractivity contribution in [3.05, 3.63) is 69.4 Å². The summed E-state index contributed by atoms with van der Waals surface area (Å²) >= 11 is 5.96. The normalized spacial score (nSPS) is 14.4. The number of H-pyrrole nitrogens is 1. The van der Waals surface area contributed by atoms with Crippen LogP contribution in [-0.2, 0) is 0 Å². The van der Waals surface area contributed by atoms with E-state index in [0.717, 1.165) is 0 Å². The van der Waals surface area contributed by atoms with Crippen molar-refractivity contribution in [1.82, 2.24) is 14.8 Å². The molecule has 0 unspecified atom stereocenters. The molecule has 0 aliphatic carbocycles. The van der Waals surface area contributed by atoms with Crippen LogP contribution in [0.15, 0.2) is 48.7 Å². The number of urea groups is 1. The van der Waals surface area contributed by atoms with Gasteiger partial charge in [-0.15, -0.1) is 0 Å². The van der Waals surface area contributed by atoms with Crippen LogP contribution in [0.3, 0.4) is 0 Å². The van der Waals surface area contributed by atoms with Crippen LogP contribution in [0.25, 0.3) is 10.9 Å². The Kier molecular flexibility index (Phi) is 5.77. The Balaban J connectivity index is 1.45. The molecule has 9 nitrogen and oxygen atoms in total. The van der Waals surface area contributed by atoms with Crippen LogP contribution in [-0.4, -0.2) is 57.8 Å². The van der Waals surface area contributed by atoms with Gasteiger partial charge in [0, 0.05) is 66.1 Å². The first-order chi connectivity index (χ1) is 14.9. The van der Waals surface area contributed by atoms with E-state index in [-0.39, 0.29) is 17.6 Å². The number of amides is 3. The predicted molar refractivity (Wildman–Crippen MR) is 118 cm³/mol. The number of non-ortho nitro benzene ring substituents is 1. The van der Waals surface area contributed by atoms with Gasteiger partial charge in [0.15, 0.2) is 0 Å². The van der Waals surface area contributed by atoms with Gasteiger partial charge in [0.1, 0.15) is 0 Å². The van der Waals surface area contributed by atoms with Crippen LogP contribution in [0.2, 0.25) is 5.02 Å². The molecule has 3 aromatic rings. The lowest BCUT2D eigenvalue weighted by atomic mass is 10.1. The third kappa shape index (κ3) is 4.46. The third-order valence-corrected chi connectivity index (χ3v) is 5.49. The molecule has 1 aliphatic heterocycles. The Bertz CT molecular complexity index is 1160. The van der Waals surface area contributed by atoms with Crippen molar-refractivity contribution in [3.8, 4) is 0 Å². The van der Waals surface area contributed by atoms with Crippen molar-refractivity contribution in [2.45, 2.75) is 6.42 Å². The maximum atomic E-state index is 13.1. The summed E-state index contributed by atoms with van der Waals surface area (Å²) in [6.45, 7) is 1.74. The largest absolute Gasteiger partial charge is 0.360 e. The van der Waals surface area contributed by atoms with Crippen LogP contribution in [0.4, 0.5) is 16.2 Å². The van der Waals surface area contributed by atoms with E-state index in [1.807, 2.05) is 0 Å². The number of fused-ring (bicyclic) bond motifs is 1. The van der Waals surface area contributed by atoms with E-state index in [1.54, 1.807) is 46.3 Å². The molecule has 0 atom stereocenters. The number of rotatable bonds is 3. The number of carbonyl (C=O) groups is 2. The second-order valence-electron chi connectivity index (χ2n) is 7.26. The molecule has 2 heterocycles. The van der Waals surface area contributed by atoms with Crippen molar-refractivity contribution >= 4 is 45.8 Å². The number of aromatic amines is 1. The highest BCUT2D eigenvalue weighted by Gasteiger charge is 2.25. The van der Waals surface area contributed by atoms with Crippen molar-refractivity contribution in [1.29, 1.82) is 0 Å². The number of halogens is 1. The van der Waals surface area contributed by atoms with Gasteiger partial charge in [0.25, 0.3) is 11.6 Å². The molecule has 0 radical (unpaired) electrons. The third-order valence-electron chi connectivity index (χ3n) is 5.25.